The average molecular weight is 211 g/mol. The van der Waals surface area contributed by atoms with Crippen LogP contribution in [-0.4, -0.2) is 23.2 Å². The van der Waals surface area contributed by atoms with E-state index in [0.717, 1.165) is 4.88 Å². The van der Waals surface area contributed by atoms with Crippen molar-refractivity contribution in [3.8, 4) is 5.88 Å². The van der Waals surface area contributed by atoms with E-state index in [2.05, 4.69) is 9.72 Å². The van der Waals surface area contributed by atoms with Crippen molar-refractivity contribution in [2.45, 2.75) is 12.8 Å². The normalized spacial score (nSPS) is 11.5. The maximum Gasteiger partial charge on any atom is 1.00 e. The Kier molecular flexibility index (Phi) is 6.32. The van der Waals surface area contributed by atoms with Gasteiger partial charge in [-0.2, -0.15) is 0 Å². The fourth-order valence-corrected chi connectivity index (χ4v) is 1.57. The third-order valence-electron chi connectivity index (χ3n) is 1.44. The third kappa shape index (κ3) is 3.64. The molecule has 0 saturated carbocycles. The fourth-order valence-electron chi connectivity index (χ4n) is 0.845. The molecule has 0 saturated heterocycles. The van der Waals surface area contributed by atoms with Crippen LogP contribution in [0.2, 0.25) is 0 Å². The minimum atomic E-state index is 0. The van der Waals surface area contributed by atoms with Gasteiger partial charge in [0.1, 0.15) is 0 Å². The Morgan fingerprint density at radius 3 is 3.08 bits per heavy atom. The van der Waals surface area contributed by atoms with Gasteiger partial charge in [-0.15, -0.1) is 11.3 Å². The molecule has 0 aliphatic heterocycles. The molecule has 0 spiro atoms. The van der Waals surface area contributed by atoms with Crippen molar-refractivity contribution in [2.24, 2.45) is 0 Å². The van der Waals surface area contributed by atoms with Crippen LogP contribution in [0.5, 0.6) is 5.88 Å². The van der Waals surface area contributed by atoms with Crippen LogP contribution in [0.25, 0.3) is 0 Å². The zero-order valence-electron chi connectivity index (χ0n) is 8.56. The van der Waals surface area contributed by atoms with Gasteiger partial charge < -0.3 is 11.3 Å². The van der Waals surface area contributed by atoms with E-state index < -0.39 is 0 Å². The second-order valence-electron chi connectivity index (χ2n) is 2.37. The van der Waals surface area contributed by atoms with E-state index in [1.54, 1.807) is 5.51 Å². The molecule has 0 amide bonds. The van der Waals surface area contributed by atoms with Crippen LogP contribution in [-0.2, 0) is 9.53 Å². The summed E-state index contributed by atoms with van der Waals surface area (Å²) < 4.78 is 4.56. The minimum absolute atomic E-state index is 0. The summed E-state index contributed by atoms with van der Waals surface area (Å²) in [5.74, 6) is 0.0321. The van der Waals surface area contributed by atoms with E-state index in [4.69, 9.17) is 0 Å². The smallest absolute Gasteiger partial charge is 1.00 e. The van der Waals surface area contributed by atoms with Crippen LogP contribution in [0.3, 0.4) is 0 Å². The summed E-state index contributed by atoms with van der Waals surface area (Å²) in [6, 6.07) is 0. The number of aromatic nitrogens is 1. The molecule has 13 heavy (non-hydrogen) atoms. The average Bonchev–Trinajstić information content (AvgIpc) is 2.47. The molecule has 6 heteroatoms. The summed E-state index contributed by atoms with van der Waals surface area (Å²) in [4.78, 5) is 14.3. The maximum absolute atomic E-state index is 9.87. The van der Waals surface area contributed by atoms with Crippen molar-refractivity contribution in [3.63, 3.8) is 0 Å². The van der Waals surface area contributed by atoms with E-state index in [1.165, 1.54) is 11.3 Å². The molecule has 1 N–H and O–H groups in total. The molecule has 1 atom stereocenters. The quantitative estimate of drug-likeness (QED) is 0.473. The maximum atomic E-state index is 9.87. The Morgan fingerprint density at radius 1 is 1.92 bits per heavy atom. The van der Waals surface area contributed by atoms with Gasteiger partial charge in [0, 0.05) is 5.92 Å². The number of nitrogens with zero attached hydrogens (tertiary/aromatic N) is 1. The number of hydrogen-bond acceptors (Lipinski definition) is 5. The van der Waals surface area contributed by atoms with Gasteiger partial charge in [0.05, 0.1) is 17.0 Å². The van der Waals surface area contributed by atoms with E-state index in [1.807, 2.05) is 6.92 Å². The molecule has 1 aromatic rings. The molecule has 1 unspecified atom stereocenters. The first-order valence-corrected chi connectivity index (χ1v) is 4.31. The first-order valence-electron chi connectivity index (χ1n) is 3.43. The van der Waals surface area contributed by atoms with Crippen LogP contribution in [0, 0.1) is 0 Å². The summed E-state index contributed by atoms with van der Waals surface area (Å²) in [5, 5.41) is 9.18. The van der Waals surface area contributed by atoms with Gasteiger partial charge in [0.25, 0.3) is 6.47 Å². The first-order chi connectivity index (χ1) is 5.75. The molecule has 0 aliphatic rings. The van der Waals surface area contributed by atoms with Crippen molar-refractivity contribution < 1.29 is 45.6 Å². The third-order valence-corrected chi connectivity index (χ3v) is 2.49. The fraction of sp³-hybridized carbons (Fsp3) is 0.429. The molecule has 0 bridgehead atoms. The topological polar surface area (TPSA) is 59.4 Å². The number of thiazole rings is 1. The van der Waals surface area contributed by atoms with Crippen LogP contribution < -0.4 is 29.6 Å². The molecule has 0 aromatic carbocycles. The monoisotopic (exact) mass is 211 g/mol. The van der Waals surface area contributed by atoms with Gasteiger partial charge in [0.15, 0.2) is 0 Å². The summed E-state index contributed by atoms with van der Waals surface area (Å²) >= 11 is 1.35. The summed E-state index contributed by atoms with van der Waals surface area (Å²) in [6.45, 7) is 2.53. The summed E-state index contributed by atoms with van der Waals surface area (Å²) in [5.41, 5.74) is 1.56. The molecule has 68 valence electrons. The molecule has 0 fully saturated rings. The Balaban J connectivity index is 0. The zero-order valence-corrected chi connectivity index (χ0v) is 10.4. The van der Waals surface area contributed by atoms with Gasteiger partial charge in [-0.25, -0.2) is 4.98 Å². The Bertz CT molecular complexity index is 271. The van der Waals surface area contributed by atoms with Crippen LogP contribution in [0.4, 0.5) is 0 Å². The number of rotatable bonds is 4. The largest absolute Gasteiger partial charge is 1.00 e. The van der Waals surface area contributed by atoms with Gasteiger partial charge in [-0.1, -0.05) is 6.92 Å². The Labute approximate surface area is 104 Å². The van der Waals surface area contributed by atoms with Crippen molar-refractivity contribution in [1.82, 2.24) is 4.98 Å². The molecule has 0 radical (unpaired) electrons. The molecule has 4 nitrogen and oxygen atoms in total. The van der Waals surface area contributed by atoms with Gasteiger partial charge in [-0.3, -0.25) is 4.79 Å². The standard InChI is InChI=1S/C7H9NO3S.Na.H/c1-5(2-11-4-9)6-7(10)8-3-12-6;;/h3-5,10H,2H2,1H3;;/q;+1;-1. The van der Waals surface area contributed by atoms with Crippen LogP contribution in [0.15, 0.2) is 5.51 Å². The number of ether oxygens (including phenoxy) is 1. The van der Waals surface area contributed by atoms with E-state index in [-0.39, 0.29) is 49.4 Å². The van der Waals surface area contributed by atoms with Crippen LogP contribution in [0.1, 0.15) is 19.1 Å². The molecular weight excluding hydrogens is 201 g/mol. The van der Waals surface area contributed by atoms with E-state index in [0.29, 0.717) is 6.47 Å². The minimum Gasteiger partial charge on any atom is -1.00 e. The second-order valence-corrected chi connectivity index (χ2v) is 3.26. The number of carbonyl (C=O) groups is 1. The van der Waals surface area contributed by atoms with Crippen molar-refractivity contribution in [1.29, 1.82) is 0 Å². The number of aromatic hydroxyl groups is 1. The predicted octanol–water partition coefficient (Wildman–Crippen LogP) is -1.76. The molecular formula is C7H10NNaO3S. The van der Waals surface area contributed by atoms with E-state index >= 15 is 0 Å². The van der Waals surface area contributed by atoms with Gasteiger partial charge in [0.2, 0.25) is 5.88 Å². The zero-order chi connectivity index (χ0) is 8.97. The van der Waals surface area contributed by atoms with Crippen molar-refractivity contribution in [2.75, 3.05) is 6.61 Å². The molecule has 1 aromatic heterocycles. The van der Waals surface area contributed by atoms with E-state index in [9.17, 15) is 9.90 Å². The summed E-state index contributed by atoms with van der Waals surface area (Å²) in [6.07, 6.45) is 0. The van der Waals surface area contributed by atoms with Crippen molar-refractivity contribution >= 4 is 17.8 Å². The second kappa shape index (κ2) is 6.37. The molecule has 1 heterocycles. The molecule has 0 aliphatic carbocycles. The van der Waals surface area contributed by atoms with Gasteiger partial charge >= 0.3 is 29.6 Å². The summed E-state index contributed by atoms with van der Waals surface area (Å²) in [7, 11) is 0. The predicted molar refractivity (Wildman–Crippen MR) is 45.3 cm³/mol. The van der Waals surface area contributed by atoms with Crippen LogP contribution >= 0.6 is 11.3 Å². The number of carbonyl (C=O) groups excluding carboxylic acids is 1. The SMILES string of the molecule is CC(COC=O)c1scnc1O.[H-].[Na+]. The van der Waals surface area contributed by atoms with Gasteiger partial charge in [-0.05, 0) is 0 Å². The molecule has 1 rings (SSSR count). The number of hydrogen-bond donors (Lipinski definition) is 1. The Hall–Kier alpha value is -0.100. The Morgan fingerprint density at radius 2 is 2.62 bits per heavy atom. The van der Waals surface area contributed by atoms with Crippen molar-refractivity contribution in [3.05, 3.63) is 10.4 Å². The first kappa shape index (κ1) is 12.9.